The Morgan fingerprint density at radius 3 is 2.60 bits per heavy atom. The van der Waals surface area contributed by atoms with Crippen molar-refractivity contribution in [2.24, 2.45) is 0 Å². The van der Waals surface area contributed by atoms with Crippen LogP contribution in [-0.2, 0) is 0 Å². The molecule has 0 bridgehead atoms. The van der Waals surface area contributed by atoms with E-state index in [-0.39, 0.29) is 0 Å². The van der Waals surface area contributed by atoms with Gasteiger partial charge in [0.05, 0.1) is 0 Å². The molecule has 0 spiro atoms. The van der Waals surface area contributed by atoms with Crippen LogP contribution in [-0.4, -0.2) is 30.4 Å². The third kappa shape index (κ3) is 5.51. The largest absolute Gasteiger partial charge is 0.491 e. The molecule has 0 aliphatic rings. The van der Waals surface area contributed by atoms with E-state index in [0.29, 0.717) is 19.1 Å². The molecule has 1 atom stereocenters. The van der Waals surface area contributed by atoms with Crippen LogP contribution in [0.5, 0.6) is 5.75 Å². The number of hydrogen-bond acceptors (Lipinski definition) is 3. The molecule has 0 amide bonds. The molecule has 0 heterocycles. The molecule has 0 aliphatic carbocycles. The summed E-state index contributed by atoms with van der Waals surface area (Å²) < 4.78 is 5.73. The van der Waals surface area contributed by atoms with Gasteiger partial charge in [0.1, 0.15) is 18.0 Å². The van der Waals surface area contributed by atoms with Gasteiger partial charge in [-0.15, -0.1) is 0 Å². The van der Waals surface area contributed by atoms with Crippen LogP contribution >= 0.6 is 0 Å². The summed E-state index contributed by atoms with van der Waals surface area (Å²) in [5.41, 5.74) is 1.73. The Labute approximate surface area is 123 Å². The predicted octanol–water partition coefficient (Wildman–Crippen LogP) is 3.25. The molecule has 114 valence electrons. The second kappa shape index (κ2) is 7.65. The Balaban J connectivity index is 2.55. The fraction of sp³-hybridized carbons (Fsp3) is 0.647. The van der Waals surface area contributed by atoms with Gasteiger partial charge in [0, 0.05) is 6.54 Å². The predicted molar refractivity (Wildman–Crippen MR) is 84.5 cm³/mol. The van der Waals surface area contributed by atoms with Gasteiger partial charge in [-0.25, -0.2) is 0 Å². The summed E-state index contributed by atoms with van der Waals surface area (Å²) in [6.07, 6.45) is 1.06. The molecule has 1 aromatic rings. The van der Waals surface area contributed by atoms with Crippen LogP contribution in [0.2, 0.25) is 0 Å². The van der Waals surface area contributed by atoms with Crippen LogP contribution in [0.1, 0.15) is 51.2 Å². The number of aryl methyl sites for hydroxylation is 1. The first-order chi connectivity index (χ1) is 9.35. The Morgan fingerprint density at radius 1 is 1.35 bits per heavy atom. The molecule has 0 aliphatic heterocycles. The fourth-order valence-corrected chi connectivity index (χ4v) is 2.21. The van der Waals surface area contributed by atoms with Gasteiger partial charge in [-0.3, -0.25) is 0 Å². The molecule has 20 heavy (non-hydrogen) atoms. The van der Waals surface area contributed by atoms with Gasteiger partial charge in [-0.2, -0.15) is 0 Å². The van der Waals surface area contributed by atoms with Crippen molar-refractivity contribution in [3.8, 4) is 5.75 Å². The summed E-state index contributed by atoms with van der Waals surface area (Å²) in [6.45, 7) is 12.1. The molecule has 0 saturated carbocycles. The molecular formula is C17H29NO2. The molecule has 3 nitrogen and oxygen atoms in total. The Morgan fingerprint density at radius 2 is 2.05 bits per heavy atom. The Kier molecular flexibility index (Phi) is 6.50. The average molecular weight is 279 g/mol. The standard InChI is InChI=1S/C17H29NO2/c1-6-9-18-11-17(5,19)12-20-15-7-8-16(13(2)3)14(4)10-15/h7-8,10,13,18-19H,6,9,11-12H2,1-5H3. The van der Waals surface area contributed by atoms with Crippen LogP contribution in [0.4, 0.5) is 0 Å². The smallest absolute Gasteiger partial charge is 0.119 e. The summed E-state index contributed by atoms with van der Waals surface area (Å²) in [5.74, 6) is 1.34. The van der Waals surface area contributed by atoms with Crippen LogP contribution in [0.15, 0.2) is 18.2 Å². The monoisotopic (exact) mass is 279 g/mol. The van der Waals surface area contributed by atoms with Crippen LogP contribution in [0.3, 0.4) is 0 Å². The lowest BCUT2D eigenvalue weighted by molar-refractivity contribution is 0.0124. The number of ether oxygens (including phenoxy) is 1. The lowest BCUT2D eigenvalue weighted by Crippen LogP contribution is -2.43. The summed E-state index contributed by atoms with van der Waals surface area (Å²) in [4.78, 5) is 0. The van der Waals surface area contributed by atoms with Gasteiger partial charge in [-0.1, -0.05) is 26.8 Å². The van der Waals surface area contributed by atoms with Gasteiger partial charge in [0.25, 0.3) is 0 Å². The number of aliphatic hydroxyl groups is 1. The topological polar surface area (TPSA) is 41.5 Å². The second-order valence-electron chi connectivity index (χ2n) is 6.14. The first kappa shape index (κ1) is 17.0. The van der Waals surface area contributed by atoms with Gasteiger partial charge >= 0.3 is 0 Å². The van der Waals surface area contributed by atoms with E-state index in [1.807, 2.05) is 12.1 Å². The van der Waals surface area contributed by atoms with E-state index in [2.05, 4.69) is 39.1 Å². The van der Waals surface area contributed by atoms with Crippen molar-refractivity contribution in [3.63, 3.8) is 0 Å². The number of benzene rings is 1. The van der Waals surface area contributed by atoms with Crippen molar-refractivity contribution < 1.29 is 9.84 Å². The first-order valence-corrected chi connectivity index (χ1v) is 7.52. The quantitative estimate of drug-likeness (QED) is 0.718. The Bertz CT molecular complexity index is 413. The highest BCUT2D eigenvalue weighted by molar-refractivity contribution is 5.36. The van der Waals surface area contributed by atoms with Crippen molar-refractivity contribution in [1.29, 1.82) is 0 Å². The molecule has 0 fully saturated rings. The average Bonchev–Trinajstić information content (AvgIpc) is 2.36. The van der Waals surface area contributed by atoms with Crippen molar-refractivity contribution in [1.82, 2.24) is 5.32 Å². The highest BCUT2D eigenvalue weighted by Gasteiger charge is 2.20. The third-order valence-electron chi connectivity index (χ3n) is 3.35. The minimum absolute atomic E-state index is 0.296. The van der Waals surface area contributed by atoms with E-state index in [1.54, 1.807) is 6.92 Å². The zero-order valence-corrected chi connectivity index (χ0v) is 13.5. The van der Waals surface area contributed by atoms with Crippen LogP contribution in [0.25, 0.3) is 0 Å². The molecular weight excluding hydrogens is 250 g/mol. The zero-order valence-electron chi connectivity index (χ0n) is 13.5. The van der Waals surface area contributed by atoms with Crippen molar-refractivity contribution >= 4 is 0 Å². The summed E-state index contributed by atoms with van der Waals surface area (Å²) in [5, 5.41) is 13.4. The van der Waals surface area contributed by atoms with E-state index < -0.39 is 5.60 Å². The highest BCUT2D eigenvalue weighted by atomic mass is 16.5. The van der Waals surface area contributed by atoms with Crippen molar-refractivity contribution in [2.75, 3.05) is 19.7 Å². The normalized spacial score (nSPS) is 14.3. The molecule has 0 saturated heterocycles. The van der Waals surface area contributed by atoms with Crippen LogP contribution in [0, 0.1) is 6.92 Å². The van der Waals surface area contributed by atoms with E-state index in [4.69, 9.17) is 4.74 Å². The van der Waals surface area contributed by atoms with Crippen molar-refractivity contribution in [2.45, 2.75) is 52.6 Å². The van der Waals surface area contributed by atoms with Gasteiger partial charge < -0.3 is 15.2 Å². The number of nitrogens with one attached hydrogen (secondary N) is 1. The maximum absolute atomic E-state index is 10.2. The van der Waals surface area contributed by atoms with E-state index in [9.17, 15) is 5.11 Å². The fourth-order valence-electron chi connectivity index (χ4n) is 2.21. The van der Waals surface area contributed by atoms with E-state index in [0.717, 1.165) is 18.7 Å². The minimum atomic E-state index is -0.847. The summed E-state index contributed by atoms with van der Waals surface area (Å²) in [7, 11) is 0. The number of hydrogen-bond donors (Lipinski definition) is 2. The first-order valence-electron chi connectivity index (χ1n) is 7.52. The molecule has 1 unspecified atom stereocenters. The minimum Gasteiger partial charge on any atom is -0.491 e. The second-order valence-corrected chi connectivity index (χ2v) is 6.14. The van der Waals surface area contributed by atoms with Crippen molar-refractivity contribution in [3.05, 3.63) is 29.3 Å². The SMILES string of the molecule is CCCNCC(C)(O)COc1ccc(C(C)C)c(C)c1. The lowest BCUT2D eigenvalue weighted by atomic mass is 9.98. The lowest BCUT2D eigenvalue weighted by Gasteiger charge is -2.24. The maximum Gasteiger partial charge on any atom is 0.119 e. The maximum atomic E-state index is 10.2. The van der Waals surface area contributed by atoms with Crippen LogP contribution < -0.4 is 10.1 Å². The molecule has 1 aromatic carbocycles. The van der Waals surface area contributed by atoms with Gasteiger partial charge in [0.15, 0.2) is 0 Å². The molecule has 2 N–H and O–H groups in total. The van der Waals surface area contributed by atoms with E-state index in [1.165, 1.54) is 11.1 Å². The van der Waals surface area contributed by atoms with Gasteiger partial charge in [0.2, 0.25) is 0 Å². The molecule has 3 heteroatoms. The highest BCUT2D eigenvalue weighted by Crippen LogP contribution is 2.24. The zero-order chi connectivity index (χ0) is 15.2. The molecule has 1 rings (SSSR count). The summed E-state index contributed by atoms with van der Waals surface area (Å²) in [6, 6.07) is 6.14. The molecule has 0 radical (unpaired) electrons. The van der Waals surface area contributed by atoms with Gasteiger partial charge in [-0.05, 0) is 56.0 Å². The Hall–Kier alpha value is -1.06. The summed E-state index contributed by atoms with van der Waals surface area (Å²) >= 11 is 0. The molecule has 0 aromatic heterocycles. The third-order valence-corrected chi connectivity index (χ3v) is 3.35. The van der Waals surface area contributed by atoms with E-state index >= 15 is 0 Å². The number of rotatable bonds is 8.